The molecule has 8 nitrogen and oxygen atoms in total. The fraction of sp³-hybridized carbons (Fsp3) is 0.700. The molecule has 150 valence electrons. The van der Waals surface area contributed by atoms with Gasteiger partial charge in [-0.25, -0.2) is 14.6 Å². The molecule has 2 saturated heterocycles. The largest absolute Gasteiger partial charge is 0.379 e. The van der Waals surface area contributed by atoms with Crippen LogP contribution in [0.1, 0.15) is 49.9 Å². The first-order chi connectivity index (χ1) is 13.9. The zero-order chi connectivity index (χ0) is 18.8. The molecule has 0 unspecified atom stereocenters. The zero-order valence-electron chi connectivity index (χ0n) is 16.2. The minimum absolute atomic E-state index is 0.182. The highest BCUT2D eigenvalue weighted by atomic mass is 16.5. The van der Waals surface area contributed by atoms with E-state index in [1.54, 1.807) is 0 Å². The SMILES string of the molecule is c1nc(C2CCCCC2)ncc1-c1cn([C@H]2COC[C@@H]2N2CCOCC2)nn1. The van der Waals surface area contributed by atoms with Crippen LogP contribution in [-0.2, 0) is 9.47 Å². The highest BCUT2D eigenvalue weighted by molar-refractivity contribution is 5.54. The number of hydrogen-bond acceptors (Lipinski definition) is 7. The summed E-state index contributed by atoms with van der Waals surface area (Å²) in [5.74, 6) is 1.50. The van der Waals surface area contributed by atoms with E-state index in [-0.39, 0.29) is 6.04 Å². The van der Waals surface area contributed by atoms with E-state index >= 15 is 0 Å². The lowest BCUT2D eigenvalue weighted by Crippen LogP contribution is -2.47. The van der Waals surface area contributed by atoms with E-state index in [4.69, 9.17) is 9.47 Å². The van der Waals surface area contributed by atoms with Crippen molar-refractivity contribution in [3.63, 3.8) is 0 Å². The highest BCUT2D eigenvalue weighted by Gasteiger charge is 2.36. The van der Waals surface area contributed by atoms with Gasteiger partial charge in [-0.15, -0.1) is 5.10 Å². The van der Waals surface area contributed by atoms with Gasteiger partial charge in [0.05, 0.1) is 44.7 Å². The molecule has 4 heterocycles. The second kappa shape index (κ2) is 8.23. The van der Waals surface area contributed by atoms with Crippen molar-refractivity contribution in [2.45, 2.75) is 50.1 Å². The smallest absolute Gasteiger partial charge is 0.131 e. The Bertz CT molecular complexity index is 767. The predicted molar refractivity (Wildman–Crippen MR) is 103 cm³/mol. The van der Waals surface area contributed by atoms with Crippen molar-refractivity contribution in [1.82, 2.24) is 29.9 Å². The number of nitrogens with zero attached hydrogens (tertiary/aromatic N) is 6. The highest BCUT2D eigenvalue weighted by Crippen LogP contribution is 2.31. The quantitative estimate of drug-likeness (QED) is 0.798. The third-order valence-electron chi connectivity index (χ3n) is 6.32. The molecule has 0 aromatic carbocycles. The van der Waals surface area contributed by atoms with E-state index < -0.39 is 0 Å². The minimum atomic E-state index is 0.182. The van der Waals surface area contributed by atoms with Crippen molar-refractivity contribution in [3.8, 4) is 11.3 Å². The van der Waals surface area contributed by atoms with E-state index in [2.05, 4.69) is 25.2 Å². The first-order valence-electron chi connectivity index (χ1n) is 10.5. The van der Waals surface area contributed by atoms with Gasteiger partial charge < -0.3 is 9.47 Å². The van der Waals surface area contributed by atoms with Crippen LogP contribution in [0.4, 0.5) is 0 Å². The van der Waals surface area contributed by atoms with Crippen LogP contribution in [0.25, 0.3) is 11.3 Å². The normalized spacial score (nSPS) is 27.3. The molecule has 2 atom stereocenters. The van der Waals surface area contributed by atoms with Crippen LogP contribution >= 0.6 is 0 Å². The average Bonchev–Trinajstić information content (AvgIpc) is 3.45. The summed E-state index contributed by atoms with van der Waals surface area (Å²) in [5.41, 5.74) is 1.75. The molecule has 3 fully saturated rings. The molecule has 0 amide bonds. The van der Waals surface area contributed by atoms with Crippen molar-refractivity contribution in [2.24, 2.45) is 0 Å². The average molecular weight is 384 g/mol. The zero-order valence-corrected chi connectivity index (χ0v) is 16.2. The van der Waals surface area contributed by atoms with Crippen LogP contribution in [-0.4, -0.2) is 75.4 Å². The monoisotopic (exact) mass is 384 g/mol. The molecule has 3 aliphatic rings. The molecule has 0 spiro atoms. The molecule has 1 aliphatic carbocycles. The number of rotatable bonds is 4. The Morgan fingerprint density at radius 2 is 1.64 bits per heavy atom. The Balaban J connectivity index is 1.30. The van der Waals surface area contributed by atoms with Crippen LogP contribution in [0.2, 0.25) is 0 Å². The van der Waals surface area contributed by atoms with Crippen LogP contribution in [0, 0.1) is 0 Å². The van der Waals surface area contributed by atoms with Crippen LogP contribution in [0.15, 0.2) is 18.6 Å². The van der Waals surface area contributed by atoms with Gasteiger partial charge in [-0.1, -0.05) is 24.5 Å². The summed E-state index contributed by atoms with van der Waals surface area (Å²) in [7, 11) is 0. The van der Waals surface area contributed by atoms with Gasteiger partial charge in [0.1, 0.15) is 11.5 Å². The van der Waals surface area contributed by atoms with Crippen molar-refractivity contribution in [2.75, 3.05) is 39.5 Å². The molecule has 2 aliphatic heterocycles. The lowest BCUT2D eigenvalue weighted by Gasteiger charge is -2.34. The topological polar surface area (TPSA) is 78.2 Å². The number of morpholine rings is 1. The fourth-order valence-corrected chi connectivity index (χ4v) is 4.66. The Hall–Kier alpha value is -1.90. The summed E-state index contributed by atoms with van der Waals surface area (Å²) < 4.78 is 13.2. The predicted octanol–water partition coefficient (Wildman–Crippen LogP) is 2.05. The van der Waals surface area contributed by atoms with Crippen LogP contribution in [0.5, 0.6) is 0 Å². The molecule has 28 heavy (non-hydrogen) atoms. The molecule has 5 rings (SSSR count). The van der Waals surface area contributed by atoms with Gasteiger partial charge in [0.25, 0.3) is 0 Å². The summed E-state index contributed by atoms with van der Waals surface area (Å²) in [4.78, 5) is 11.7. The Morgan fingerprint density at radius 1 is 0.893 bits per heavy atom. The van der Waals surface area contributed by atoms with Gasteiger partial charge in [0.15, 0.2) is 0 Å². The van der Waals surface area contributed by atoms with E-state index in [0.717, 1.165) is 50.0 Å². The van der Waals surface area contributed by atoms with Gasteiger partial charge >= 0.3 is 0 Å². The molecule has 8 heteroatoms. The van der Waals surface area contributed by atoms with Crippen molar-refractivity contribution in [1.29, 1.82) is 0 Å². The van der Waals surface area contributed by atoms with Crippen molar-refractivity contribution >= 4 is 0 Å². The van der Waals surface area contributed by atoms with Gasteiger partial charge in [-0.05, 0) is 12.8 Å². The molecule has 0 bridgehead atoms. The fourth-order valence-electron chi connectivity index (χ4n) is 4.66. The second-order valence-corrected chi connectivity index (χ2v) is 8.07. The maximum absolute atomic E-state index is 5.78. The maximum Gasteiger partial charge on any atom is 0.131 e. The first-order valence-corrected chi connectivity index (χ1v) is 10.5. The van der Waals surface area contributed by atoms with Crippen LogP contribution in [0.3, 0.4) is 0 Å². The number of aromatic nitrogens is 5. The van der Waals surface area contributed by atoms with Gasteiger partial charge in [-0.3, -0.25) is 4.90 Å². The van der Waals surface area contributed by atoms with E-state index in [1.807, 2.05) is 23.3 Å². The summed E-state index contributed by atoms with van der Waals surface area (Å²) in [6.45, 7) is 4.87. The molecule has 0 N–H and O–H groups in total. The third kappa shape index (κ3) is 3.68. The maximum atomic E-state index is 5.78. The summed E-state index contributed by atoms with van der Waals surface area (Å²) in [5, 5.41) is 8.79. The summed E-state index contributed by atoms with van der Waals surface area (Å²) in [6, 6.07) is 0.505. The van der Waals surface area contributed by atoms with E-state index in [9.17, 15) is 0 Å². The standard InChI is InChI=1S/C20H28N6O2/c1-2-4-15(5-3-1)20-21-10-16(11-22-20)17-12-26(24-23-17)19-14-28-13-18(19)25-6-8-27-9-7-25/h10-12,15,18-19H,1-9,13-14H2/t18-,19-/m0/s1. The molecular formula is C20H28N6O2. The van der Waals surface area contributed by atoms with E-state index in [0.29, 0.717) is 18.6 Å². The Kier molecular flexibility index (Phi) is 5.33. The lowest BCUT2D eigenvalue weighted by molar-refractivity contribution is 0.00793. The van der Waals surface area contributed by atoms with Gasteiger partial charge in [0.2, 0.25) is 0 Å². The van der Waals surface area contributed by atoms with Crippen LogP contribution < -0.4 is 0 Å². The van der Waals surface area contributed by atoms with Gasteiger partial charge in [0, 0.05) is 37.0 Å². The molecule has 2 aromatic heterocycles. The second-order valence-electron chi connectivity index (χ2n) is 8.07. The van der Waals surface area contributed by atoms with E-state index in [1.165, 1.54) is 32.1 Å². The Morgan fingerprint density at radius 3 is 2.43 bits per heavy atom. The minimum Gasteiger partial charge on any atom is -0.379 e. The number of hydrogen-bond donors (Lipinski definition) is 0. The third-order valence-corrected chi connectivity index (χ3v) is 6.32. The molecular weight excluding hydrogens is 356 g/mol. The molecule has 2 aromatic rings. The van der Waals surface area contributed by atoms with Crippen molar-refractivity contribution in [3.05, 3.63) is 24.4 Å². The lowest BCUT2D eigenvalue weighted by atomic mass is 9.89. The summed E-state index contributed by atoms with van der Waals surface area (Å²) >= 11 is 0. The number of ether oxygens (including phenoxy) is 2. The molecule has 0 radical (unpaired) electrons. The Labute approximate surface area is 165 Å². The summed E-state index contributed by atoms with van der Waals surface area (Å²) in [6.07, 6.45) is 12.1. The van der Waals surface area contributed by atoms with Gasteiger partial charge in [-0.2, -0.15) is 0 Å². The first kappa shape index (κ1) is 18.1. The molecule has 1 saturated carbocycles. The van der Waals surface area contributed by atoms with Crippen molar-refractivity contribution < 1.29 is 9.47 Å².